The molecular weight excluding hydrogens is 342 g/mol. The highest BCUT2D eigenvalue weighted by molar-refractivity contribution is 5.95. The Morgan fingerprint density at radius 2 is 1.89 bits per heavy atom. The molecule has 0 radical (unpaired) electrons. The number of rotatable bonds is 5. The molecule has 0 spiro atoms. The molecule has 1 fully saturated rings. The molecule has 2 rings (SSSR count). The largest absolute Gasteiger partial charge is 0.495 e. The van der Waals surface area contributed by atoms with Gasteiger partial charge >= 0.3 is 6.03 Å². The van der Waals surface area contributed by atoms with Crippen molar-refractivity contribution >= 4 is 17.6 Å². The van der Waals surface area contributed by atoms with Gasteiger partial charge in [-0.25, -0.2) is 4.79 Å². The van der Waals surface area contributed by atoms with Crippen LogP contribution in [0.2, 0.25) is 0 Å². The predicted octanol–water partition coefficient (Wildman–Crippen LogP) is 3.81. The zero-order valence-corrected chi connectivity index (χ0v) is 17.1. The van der Waals surface area contributed by atoms with Gasteiger partial charge in [0.15, 0.2) is 0 Å². The lowest BCUT2D eigenvalue weighted by atomic mass is 9.86. The number of ether oxygens (including phenoxy) is 1. The van der Waals surface area contributed by atoms with E-state index in [1.165, 1.54) is 6.42 Å². The average molecular weight is 376 g/mol. The van der Waals surface area contributed by atoms with Crippen molar-refractivity contribution in [2.24, 2.45) is 5.92 Å². The molecule has 6 heteroatoms. The molecule has 0 aromatic heterocycles. The molecule has 6 nitrogen and oxygen atoms in total. The van der Waals surface area contributed by atoms with Crippen molar-refractivity contribution < 1.29 is 14.3 Å². The molecule has 1 aromatic rings. The first kappa shape index (κ1) is 21.1. The van der Waals surface area contributed by atoms with E-state index in [4.69, 9.17) is 4.74 Å². The Balaban J connectivity index is 1.90. The maximum atomic E-state index is 12.3. The van der Waals surface area contributed by atoms with E-state index >= 15 is 0 Å². The van der Waals surface area contributed by atoms with Gasteiger partial charge in [-0.3, -0.25) is 4.79 Å². The zero-order valence-electron chi connectivity index (χ0n) is 17.1. The number of methoxy groups -OCH3 is 1. The van der Waals surface area contributed by atoms with Gasteiger partial charge in [-0.15, -0.1) is 0 Å². The number of urea groups is 1. The smallest absolute Gasteiger partial charge is 0.315 e. The molecule has 150 valence electrons. The summed E-state index contributed by atoms with van der Waals surface area (Å²) >= 11 is 0. The fraction of sp³-hybridized carbons (Fsp3) is 0.619. The average Bonchev–Trinajstić information content (AvgIpc) is 2.61. The van der Waals surface area contributed by atoms with Crippen LogP contribution in [0.4, 0.5) is 10.5 Å². The Bertz CT molecular complexity index is 667. The van der Waals surface area contributed by atoms with Crippen LogP contribution in [0.15, 0.2) is 18.2 Å². The van der Waals surface area contributed by atoms with Crippen LogP contribution >= 0.6 is 0 Å². The standard InChI is InChI=1S/C21H33N3O3/c1-14-8-6-7-9-16(14)24-20(26)22-13-19(25)23-17-12-15(21(2,3)4)10-11-18(17)27-5/h10-12,14,16H,6-9,13H2,1-5H3,(H,23,25)(H2,22,24,26)/t14-,16+/m0/s1. The number of hydrogen-bond donors (Lipinski definition) is 3. The van der Waals surface area contributed by atoms with E-state index in [2.05, 4.69) is 43.6 Å². The molecule has 1 aliphatic carbocycles. The fourth-order valence-electron chi connectivity index (χ4n) is 3.38. The quantitative estimate of drug-likeness (QED) is 0.732. The maximum absolute atomic E-state index is 12.3. The van der Waals surface area contributed by atoms with Crippen molar-refractivity contribution in [2.45, 2.75) is 64.8 Å². The van der Waals surface area contributed by atoms with Crippen LogP contribution < -0.4 is 20.7 Å². The third kappa shape index (κ3) is 6.15. The van der Waals surface area contributed by atoms with Crippen molar-refractivity contribution in [3.63, 3.8) is 0 Å². The summed E-state index contributed by atoms with van der Waals surface area (Å²) in [5.74, 6) is 0.783. The Labute approximate surface area is 162 Å². The highest BCUT2D eigenvalue weighted by Gasteiger charge is 2.23. The van der Waals surface area contributed by atoms with Crippen molar-refractivity contribution in [3.8, 4) is 5.75 Å². The van der Waals surface area contributed by atoms with Gasteiger partial charge in [-0.1, -0.05) is 46.6 Å². The second kappa shape index (κ2) is 9.11. The van der Waals surface area contributed by atoms with E-state index in [-0.39, 0.29) is 29.9 Å². The lowest BCUT2D eigenvalue weighted by Gasteiger charge is -2.29. The van der Waals surface area contributed by atoms with Crippen LogP contribution in [0.1, 0.15) is 58.9 Å². The zero-order chi connectivity index (χ0) is 20.0. The van der Waals surface area contributed by atoms with E-state index in [1.807, 2.05) is 18.2 Å². The molecule has 0 bridgehead atoms. The number of benzene rings is 1. The number of carbonyl (C=O) groups excluding carboxylic acids is 2. The van der Waals surface area contributed by atoms with E-state index < -0.39 is 0 Å². The van der Waals surface area contributed by atoms with Crippen LogP contribution in [-0.2, 0) is 10.2 Å². The first-order valence-electron chi connectivity index (χ1n) is 9.73. The molecule has 2 atom stereocenters. The molecule has 3 amide bonds. The van der Waals surface area contributed by atoms with Gasteiger partial charge in [-0.05, 0) is 41.9 Å². The molecule has 0 unspecified atom stereocenters. The molecule has 1 saturated carbocycles. The number of anilines is 1. The molecule has 27 heavy (non-hydrogen) atoms. The third-order valence-corrected chi connectivity index (χ3v) is 5.18. The van der Waals surface area contributed by atoms with E-state index in [0.29, 0.717) is 17.4 Å². The summed E-state index contributed by atoms with van der Waals surface area (Å²) in [6, 6.07) is 5.65. The van der Waals surface area contributed by atoms with E-state index in [9.17, 15) is 9.59 Å². The summed E-state index contributed by atoms with van der Waals surface area (Å²) in [6.07, 6.45) is 4.49. The van der Waals surface area contributed by atoms with Gasteiger partial charge in [0, 0.05) is 6.04 Å². The second-order valence-electron chi connectivity index (χ2n) is 8.41. The van der Waals surface area contributed by atoms with Gasteiger partial charge in [0.05, 0.1) is 19.3 Å². The number of carbonyl (C=O) groups is 2. The van der Waals surface area contributed by atoms with Crippen LogP contribution in [0, 0.1) is 5.92 Å². The Kier molecular flexibility index (Phi) is 7.11. The predicted molar refractivity (Wildman–Crippen MR) is 108 cm³/mol. The number of amides is 3. The lowest BCUT2D eigenvalue weighted by molar-refractivity contribution is -0.115. The lowest BCUT2D eigenvalue weighted by Crippen LogP contribution is -2.47. The monoisotopic (exact) mass is 375 g/mol. The highest BCUT2D eigenvalue weighted by atomic mass is 16.5. The van der Waals surface area contributed by atoms with Crippen molar-refractivity contribution in [1.82, 2.24) is 10.6 Å². The van der Waals surface area contributed by atoms with Crippen LogP contribution in [0.5, 0.6) is 5.75 Å². The van der Waals surface area contributed by atoms with Gasteiger partial charge in [0.1, 0.15) is 5.75 Å². The molecule has 0 heterocycles. The molecule has 3 N–H and O–H groups in total. The Morgan fingerprint density at radius 3 is 2.52 bits per heavy atom. The normalized spacial score (nSPS) is 19.9. The fourth-order valence-corrected chi connectivity index (χ4v) is 3.38. The summed E-state index contributed by atoms with van der Waals surface area (Å²) in [6.45, 7) is 8.40. The first-order valence-corrected chi connectivity index (χ1v) is 9.73. The third-order valence-electron chi connectivity index (χ3n) is 5.18. The molecular formula is C21H33N3O3. The summed E-state index contributed by atoms with van der Waals surface area (Å²) in [5.41, 5.74) is 1.66. The molecule has 1 aromatic carbocycles. The minimum atomic E-state index is -0.292. The maximum Gasteiger partial charge on any atom is 0.315 e. The first-order chi connectivity index (χ1) is 12.7. The van der Waals surface area contributed by atoms with Gasteiger partial charge in [-0.2, -0.15) is 0 Å². The van der Waals surface area contributed by atoms with Crippen molar-refractivity contribution in [2.75, 3.05) is 19.0 Å². The van der Waals surface area contributed by atoms with Crippen molar-refractivity contribution in [3.05, 3.63) is 23.8 Å². The van der Waals surface area contributed by atoms with Crippen molar-refractivity contribution in [1.29, 1.82) is 0 Å². The number of nitrogens with one attached hydrogen (secondary N) is 3. The second-order valence-corrected chi connectivity index (χ2v) is 8.41. The number of hydrogen-bond acceptors (Lipinski definition) is 3. The topological polar surface area (TPSA) is 79.5 Å². The van der Waals surface area contributed by atoms with Gasteiger partial charge < -0.3 is 20.7 Å². The molecule has 1 aliphatic rings. The SMILES string of the molecule is COc1ccc(C(C)(C)C)cc1NC(=O)CNC(=O)N[C@@H]1CCCC[C@@H]1C. The van der Waals surface area contributed by atoms with E-state index in [1.54, 1.807) is 7.11 Å². The molecule has 0 saturated heterocycles. The minimum absolute atomic E-state index is 0.0411. The summed E-state index contributed by atoms with van der Waals surface area (Å²) < 4.78 is 5.34. The van der Waals surface area contributed by atoms with E-state index in [0.717, 1.165) is 24.8 Å². The Hall–Kier alpha value is -2.24. The van der Waals surface area contributed by atoms with Gasteiger partial charge in [0.2, 0.25) is 5.91 Å². The van der Waals surface area contributed by atoms with Crippen LogP contribution in [0.3, 0.4) is 0 Å². The summed E-state index contributed by atoms with van der Waals surface area (Å²) in [7, 11) is 1.57. The Morgan fingerprint density at radius 1 is 1.19 bits per heavy atom. The minimum Gasteiger partial charge on any atom is -0.495 e. The van der Waals surface area contributed by atoms with Crippen LogP contribution in [0.25, 0.3) is 0 Å². The molecule has 0 aliphatic heterocycles. The summed E-state index contributed by atoms with van der Waals surface area (Å²) in [5, 5.41) is 8.47. The summed E-state index contributed by atoms with van der Waals surface area (Å²) in [4.78, 5) is 24.4. The highest BCUT2D eigenvalue weighted by Crippen LogP contribution is 2.31. The van der Waals surface area contributed by atoms with Crippen LogP contribution in [-0.4, -0.2) is 31.6 Å². The van der Waals surface area contributed by atoms with Gasteiger partial charge in [0.25, 0.3) is 0 Å².